The van der Waals surface area contributed by atoms with Crippen LogP contribution in [0.2, 0.25) is 0 Å². The van der Waals surface area contributed by atoms with E-state index in [2.05, 4.69) is 15.3 Å². The minimum Gasteiger partial charge on any atom is -0.306 e. The van der Waals surface area contributed by atoms with Gasteiger partial charge in [-0.2, -0.15) is 13.2 Å². The van der Waals surface area contributed by atoms with Crippen LogP contribution < -0.4 is 5.32 Å². The van der Waals surface area contributed by atoms with Gasteiger partial charge in [0.25, 0.3) is 0 Å². The van der Waals surface area contributed by atoms with Gasteiger partial charge >= 0.3 is 6.18 Å². The van der Waals surface area contributed by atoms with Crippen molar-refractivity contribution in [2.45, 2.75) is 38.8 Å². The SMILES string of the molecule is Cc1cn(-c2cc(CC(=O)Cc3cccc(-c4ccc5nc(NC(=O)C6CC6)sc5n4)c3)cc(C(F)(F)F)c2)cn1. The van der Waals surface area contributed by atoms with Crippen molar-refractivity contribution >= 4 is 38.5 Å². The molecule has 1 fully saturated rings. The molecule has 7 nitrogen and oxygen atoms in total. The van der Waals surface area contributed by atoms with Gasteiger partial charge in [-0.3, -0.25) is 9.59 Å². The molecule has 41 heavy (non-hydrogen) atoms. The first-order valence-corrected chi connectivity index (χ1v) is 13.8. The monoisotopic (exact) mass is 575 g/mol. The summed E-state index contributed by atoms with van der Waals surface area (Å²) in [6.45, 7) is 1.75. The molecule has 1 saturated carbocycles. The molecule has 0 unspecified atom stereocenters. The molecule has 1 N–H and O–H groups in total. The Morgan fingerprint density at radius 1 is 1.02 bits per heavy atom. The highest BCUT2D eigenvalue weighted by molar-refractivity contribution is 7.22. The molecule has 0 radical (unpaired) electrons. The van der Waals surface area contributed by atoms with Crippen molar-refractivity contribution < 1.29 is 22.8 Å². The molecule has 1 aliphatic rings. The van der Waals surface area contributed by atoms with Gasteiger partial charge in [-0.1, -0.05) is 29.5 Å². The third-order valence-corrected chi connectivity index (χ3v) is 7.65. The average molecular weight is 576 g/mol. The maximum atomic E-state index is 13.6. The number of aryl methyl sites for hydroxylation is 1. The summed E-state index contributed by atoms with van der Waals surface area (Å²) in [6.07, 6.45) is 0.265. The van der Waals surface area contributed by atoms with Crippen LogP contribution in [-0.4, -0.2) is 31.2 Å². The highest BCUT2D eigenvalue weighted by Gasteiger charge is 2.32. The number of nitrogens with one attached hydrogen (secondary N) is 1. The van der Waals surface area contributed by atoms with E-state index in [4.69, 9.17) is 4.98 Å². The van der Waals surface area contributed by atoms with E-state index in [9.17, 15) is 22.8 Å². The fraction of sp³-hybridized carbons (Fsp3) is 0.233. The van der Waals surface area contributed by atoms with Gasteiger partial charge in [-0.15, -0.1) is 0 Å². The number of thiazole rings is 1. The number of Topliss-reactive ketones (excluding diaryl/α,β-unsaturated/α-hetero) is 1. The zero-order valence-corrected chi connectivity index (χ0v) is 22.7. The van der Waals surface area contributed by atoms with Crippen LogP contribution in [0.25, 0.3) is 27.3 Å². The van der Waals surface area contributed by atoms with E-state index in [0.29, 0.717) is 32.6 Å². The van der Waals surface area contributed by atoms with Gasteiger partial charge < -0.3 is 9.88 Å². The van der Waals surface area contributed by atoms with Crippen molar-refractivity contribution in [1.82, 2.24) is 19.5 Å². The van der Waals surface area contributed by atoms with Crippen LogP contribution in [-0.2, 0) is 28.6 Å². The van der Waals surface area contributed by atoms with Crippen LogP contribution in [0.5, 0.6) is 0 Å². The Balaban J connectivity index is 1.19. The molecule has 2 aromatic carbocycles. The number of alkyl halides is 3. The molecule has 0 atom stereocenters. The van der Waals surface area contributed by atoms with Gasteiger partial charge in [0.2, 0.25) is 5.91 Å². The lowest BCUT2D eigenvalue weighted by Gasteiger charge is -2.13. The van der Waals surface area contributed by atoms with Crippen LogP contribution in [0.1, 0.15) is 35.2 Å². The van der Waals surface area contributed by atoms with Gasteiger partial charge in [0.1, 0.15) is 16.1 Å². The van der Waals surface area contributed by atoms with Crippen molar-refractivity contribution in [3.8, 4) is 16.9 Å². The van der Waals surface area contributed by atoms with Crippen molar-refractivity contribution in [2.75, 3.05) is 5.32 Å². The number of carbonyl (C=O) groups is 2. The molecule has 5 aromatic rings. The molecule has 3 aromatic heterocycles. The number of hydrogen-bond acceptors (Lipinski definition) is 6. The van der Waals surface area contributed by atoms with E-state index in [1.54, 1.807) is 19.2 Å². The summed E-state index contributed by atoms with van der Waals surface area (Å²) in [5.41, 5.74) is 3.33. The molecule has 0 spiro atoms. The maximum Gasteiger partial charge on any atom is 0.416 e. The number of imidazole rings is 1. The Bertz CT molecular complexity index is 1790. The third kappa shape index (κ3) is 6.19. The van der Waals surface area contributed by atoms with E-state index in [1.165, 1.54) is 22.2 Å². The smallest absolute Gasteiger partial charge is 0.306 e. The number of amides is 1. The van der Waals surface area contributed by atoms with Crippen LogP contribution in [0.3, 0.4) is 0 Å². The first-order valence-electron chi connectivity index (χ1n) is 13.0. The molecule has 0 bridgehead atoms. The average Bonchev–Trinajstić information content (AvgIpc) is 3.57. The quantitative estimate of drug-likeness (QED) is 0.226. The van der Waals surface area contributed by atoms with Gasteiger partial charge in [-0.05, 0) is 67.3 Å². The molecular formula is C30H24F3N5O2S. The normalized spacial score (nSPS) is 13.5. The summed E-state index contributed by atoms with van der Waals surface area (Å²) in [4.78, 5) is 39.0. The summed E-state index contributed by atoms with van der Waals surface area (Å²) in [5.74, 6) is -0.149. The van der Waals surface area contributed by atoms with E-state index in [-0.39, 0.29) is 36.0 Å². The fourth-order valence-electron chi connectivity index (χ4n) is 4.59. The van der Waals surface area contributed by atoms with E-state index in [0.717, 1.165) is 36.1 Å². The number of pyridine rings is 1. The van der Waals surface area contributed by atoms with E-state index in [1.807, 2.05) is 36.4 Å². The molecule has 0 aliphatic heterocycles. The zero-order valence-electron chi connectivity index (χ0n) is 21.9. The topological polar surface area (TPSA) is 89.8 Å². The number of nitrogens with zero attached hydrogens (tertiary/aromatic N) is 4. The number of halogens is 3. The number of benzene rings is 2. The predicted molar refractivity (Wildman–Crippen MR) is 150 cm³/mol. The maximum absolute atomic E-state index is 13.6. The summed E-state index contributed by atoms with van der Waals surface area (Å²) >= 11 is 1.31. The lowest BCUT2D eigenvalue weighted by Crippen LogP contribution is -2.12. The molecule has 0 saturated heterocycles. The number of carbonyl (C=O) groups excluding carboxylic acids is 2. The van der Waals surface area contributed by atoms with E-state index < -0.39 is 11.7 Å². The van der Waals surface area contributed by atoms with Crippen LogP contribution in [0.15, 0.2) is 67.1 Å². The second-order valence-electron chi connectivity index (χ2n) is 10.2. The molecule has 6 rings (SSSR count). The van der Waals surface area contributed by atoms with Crippen LogP contribution in [0.4, 0.5) is 18.3 Å². The molecular weight excluding hydrogens is 551 g/mol. The Morgan fingerprint density at radius 2 is 1.83 bits per heavy atom. The Hall–Kier alpha value is -4.38. The highest BCUT2D eigenvalue weighted by Crippen LogP contribution is 2.33. The highest BCUT2D eigenvalue weighted by atomic mass is 32.1. The minimum atomic E-state index is -4.55. The van der Waals surface area contributed by atoms with Gasteiger partial charge in [-0.25, -0.2) is 15.0 Å². The summed E-state index contributed by atoms with van der Waals surface area (Å²) < 4.78 is 42.3. The predicted octanol–water partition coefficient (Wildman–Crippen LogP) is 6.57. The number of ketones is 1. The second-order valence-corrected chi connectivity index (χ2v) is 11.2. The zero-order chi connectivity index (χ0) is 28.7. The molecule has 1 aliphatic carbocycles. The Labute approximate surface area is 237 Å². The molecule has 1 amide bonds. The van der Waals surface area contributed by atoms with Crippen molar-refractivity contribution in [3.05, 3.63) is 89.5 Å². The summed E-state index contributed by atoms with van der Waals surface area (Å²) in [6, 6.07) is 14.7. The lowest BCUT2D eigenvalue weighted by molar-refractivity contribution is -0.137. The molecule has 208 valence electrons. The van der Waals surface area contributed by atoms with Crippen LogP contribution >= 0.6 is 11.3 Å². The number of anilines is 1. The Morgan fingerprint density at radius 3 is 2.56 bits per heavy atom. The minimum absolute atomic E-state index is 0.0140. The van der Waals surface area contributed by atoms with Crippen molar-refractivity contribution in [1.29, 1.82) is 0 Å². The van der Waals surface area contributed by atoms with Gasteiger partial charge in [0.15, 0.2) is 5.13 Å². The molecule has 11 heteroatoms. The van der Waals surface area contributed by atoms with Gasteiger partial charge in [0.05, 0.1) is 23.3 Å². The lowest BCUT2D eigenvalue weighted by atomic mass is 9.98. The first kappa shape index (κ1) is 26.8. The third-order valence-electron chi connectivity index (χ3n) is 6.77. The van der Waals surface area contributed by atoms with Crippen LogP contribution in [0, 0.1) is 12.8 Å². The number of fused-ring (bicyclic) bond motifs is 1. The first-order chi connectivity index (χ1) is 19.6. The summed E-state index contributed by atoms with van der Waals surface area (Å²) in [5, 5.41) is 3.37. The number of aromatic nitrogens is 4. The van der Waals surface area contributed by atoms with E-state index >= 15 is 0 Å². The largest absolute Gasteiger partial charge is 0.416 e. The second kappa shape index (κ2) is 10.5. The molecule has 3 heterocycles. The Kier molecular flexibility index (Phi) is 6.90. The number of rotatable bonds is 8. The fourth-order valence-corrected chi connectivity index (χ4v) is 5.43. The van der Waals surface area contributed by atoms with Crippen molar-refractivity contribution in [2.24, 2.45) is 5.92 Å². The number of hydrogen-bond donors (Lipinski definition) is 1. The van der Waals surface area contributed by atoms with Gasteiger partial charge in [0, 0.05) is 36.2 Å². The van der Waals surface area contributed by atoms with Crippen molar-refractivity contribution in [3.63, 3.8) is 0 Å². The summed E-state index contributed by atoms with van der Waals surface area (Å²) in [7, 11) is 0. The standard InChI is InChI=1S/C30H24F3N5O2S/c1-17-15-38(16-34-17)23-11-19(10-22(14-23)30(31,32)33)13-24(39)12-18-3-2-4-21(9-18)25-7-8-26-28(35-25)41-29(36-26)37-27(40)20-5-6-20/h2-4,7-11,14-16,20H,5-6,12-13H2,1H3,(H,36,37,40).